The summed E-state index contributed by atoms with van der Waals surface area (Å²) < 4.78 is 15.8. The van der Waals surface area contributed by atoms with Gasteiger partial charge in [0, 0.05) is 12.2 Å². The first kappa shape index (κ1) is 21.0. The van der Waals surface area contributed by atoms with Crippen molar-refractivity contribution in [3.63, 3.8) is 0 Å². The summed E-state index contributed by atoms with van der Waals surface area (Å²) in [6.45, 7) is 1.04. The van der Waals surface area contributed by atoms with Crippen LogP contribution in [-0.2, 0) is 27.2 Å². The van der Waals surface area contributed by atoms with E-state index >= 15 is 0 Å². The van der Waals surface area contributed by atoms with Crippen molar-refractivity contribution in [2.24, 2.45) is 5.73 Å². The fraction of sp³-hybridized carbons (Fsp3) is 0.286. The van der Waals surface area contributed by atoms with Crippen molar-refractivity contribution < 1.29 is 23.8 Å². The number of rotatable bonds is 8. The molecule has 1 unspecified atom stereocenters. The number of carbonyl (C=O) groups excluding carboxylic acids is 2. The summed E-state index contributed by atoms with van der Waals surface area (Å²) >= 11 is 0. The number of ether oxygens (including phenoxy) is 3. The molecule has 1 saturated heterocycles. The molecule has 0 aliphatic carbocycles. The molecular formula is C21H24N4O5. The van der Waals surface area contributed by atoms with Gasteiger partial charge in [0.2, 0.25) is 0 Å². The largest absolute Gasteiger partial charge is 0.490 e. The quantitative estimate of drug-likeness (QED) is 0.343. The van der Waals surface area contributed by atoms with Gasteiger partial charge in [0.1, 0.15) is 12.4 Å². The molecule has 1 aliphatic rings. The zero-order chi connectivity index (χ0) is 21.5. The van der Waals surface area contributed by atoms with E-state index < -0.39 is 12.2 Å². The molecule has 4 N–H and O–H groups in total. The fourth-order valence-electron chi connectivity index (χ4n) is 2.94. The van der Waals surface area contributed by atoms with Crippen LogP contribution < -0.4 is 20.7 Å². The molecule has 0 aromatic heterocycles. The standard InChI is InChI=1S/C21H24N4O5/c1-28-19(26)10-14-4-8-17(9-5-14)29-13-18-12-25(21(27)30-18)16-6-2-15(3-7-16)11-24-20(22)23/h2-9,18H,10-13H2,1H3,(H4,22,23,24). The highest BCUT2D eigenvalue weighted by atomic mass is 16.6. The third kappa shape index (κ3) is 5.63. The van der Waals surface area contributed by atoms with Crippen LogP contribution in [0.25, 0.3) is 0 Å². The zero-order valence-electron chi connectivity index (χ0n) is 16.6. The monoisotopic (exact) mass is 412 g/mol. The van der Waals surface area contributed by atoms with Gasteiger partial charge in [-0.05, 0) is 35.4 Å². The highest BCUT2D eigenvalue weighted by Gasteiger charge is 2.32. The average Bonchev–Trinajstić information content (AvgIpc) is 3.12. The van der Waals surface area contributed by atoms with E-state index in [2.05, 4.69) is 10.1 Å². The van der Waals surface area contributed by atoms with E-state index in [-0.39, 0.29) is 25.0 Å². The van der Waals surface area contributed by atoms with E-state index in [9.17, 15) is 9.59 Å². The molecule has 0 spiro atoms. The molecule has 9 nitrogen and oxygen atoms in total. The lowest BCUT2D eigenvalue weighted by Gasteiger charge is -2.14. The first-order valence-corrected chi connectivity index (χ1v) is 9.38. The van der Waals surface area contributed by atoms with E-state index in [1.807, 2.05) is 24.3 Å². The van der Waals surface area contributed by atoms with Gasteiger partial charge in [-0.3, -0.25) is 15.1 Å². The Morgan fingerprint density at radius 3 is 2.50 bits per heavy atom. The number of amides is 1. The molecule has 9 heteroatoms. The molecule has 3 rings (SSSR count). The Labute approximate surface area is 174 Å². The number of nitrogens with two attached hydrogens (primary N) is 1. The molecule has 2 aromatic rings. The number of cyclic esters (lactones) is 1. The normalized spacial score (nSPS) is 15.4. The van der Waals surface area contributed by atoms with Gasteiger partial charge in [-0.1, -0.05) is 24.3 Å². The van der Waals surface area contributed by atoms with Gasteiger partial charge in [-0.25, -0.2) is 4.79 Å². The van der Waals surface area contributed by atoms with E-state index in [0.717, 1.165) is 16.8 Å². The number of nitrogens with one attached hydrogen (secondary N) is 2. The number of benzene rings is 2. The SMILES string of the molecule is COC(=O)Cc1ccc(OCC2CN(c3ccc(CNC(=N)N)cc3)C(=O)O2)cc1. The van der Waals surface area contributed by atoms with Gasteiger partial charge in [0.05, 0.1) is 20.1 Å². The minimum absolute atomic E-state index is 0.0943. The maximum atomic E-state index is 12.2. The van der Waals surface area contributed by atoms with Crippen LogP contribution in [0, 0.1) is 5.41 Å². The van der Waals surface area contributed by atoms with Crippen LogP contribution in [0.5, 0.6) is 5.75 Å². The predicted molar refractivity (Wildman–Crippen MR) is 110 cm³/mol. The molecule has 1 fully saturated rings. The number of hydrogen-bond donors (Lipinski definition) is 3. The summed E-state index contributed by atoms with van der Waals surface area (Å²) in [5.74, 6) is 0.230. The summed E-state index contributed by atoms with van der Waals surface area (Å²) in [7, 11) is 1.35. The van der Waals surface area contributed by atoms with Gasteiger partial charge >= 0.3 is 12.1 Å². The number of methoxy groups -OCH3 is 1. The lowest BCUT2D eigenvalue weighted by molar-refractivity contribution is -0.139. The fourth-order valence-corrected chi connectivity index (χ4v) is 2.94. The summed E-state index contributed by atoms with van der Waals surface area (Å²) in [5, 5.41) is 9.92. The van der Waals surface area contributed by atoms with Crippen molar-refractivity contribution in [2.45, 2.75) is 19.1 Å². The van der Waals surface area contributed by atoms with Crippen LogP contribution in [0.2, 0.25) is 0 Å². The molecular weight excluding hydrogens is 388 g/mol. The van der Waals surface area contributed by atoms with Crippen molar-refractivity contribution in [1.29, 1.82) is 5.41 Å². The van der Waals surface area contributed by atoms with Crippen LogP contribution in [0.15, 0.2) is 48.5 Å². The number of esters is 1. The van der Waals surface area contributed by atoms with E-state index in [1.54, 1.807) is 29.2 Å². The van der Waals surface area contributed by atoms with Crippen LogP contribution in [0.1, 0.15) is 11.1 Å². The topological polar surface area (TPSA) is 127 Å². The molecule has 30 heavy (non-hydrogen) atoms. The van der Waals surface area contributed by atoms with E-state index in [4.69, 9.17) is 20.6 Å². The van der Waals surface area contributed by atoms with Crippen molar-refractivity contribution in [3.05, 3.63) is 59.7 Å². The molecule has 0 saturated carbocycles. The maximum absolute atomic E-state index is 12.2. The van der Waals surface area contributed by atoms with Gasteiger partial charge in [0.15, 0.2) is 12.1 Å². The Hall–Kier alpha value is -3.75. The van der Waals surface area contributed by atoms with Crippen LogP contribution in [-0.4, -0.2) is 44.4 Å². The van der Waals surface area contributed by atoms with Crippen molar-refractivity contribution in [2.75, 3.05) is 25.2 Å². The average molecular weight is 412 g/mol. The summed E-state index contributed by atoms with van der Waals surface area (Å²) in [4.78, 5) is 25.1. The van der Waals surface area contributed by atoms with E-state index in [0.29, 0.717) is 18.8 Å². The molecule has 1 atom stereocenters. The minimum atomic E-state index is -0.424. The molecule has 0 bridgehead atoms. The van der Waals surface area contributed by atoms with Crippen LogP contribution in [0.3, 0.4) is 0 Å². The highest BCUT2D eigenvalue weighted by molar-refractivity contribution is 5.89. The van der Waals surface area contributed by atoms with Gasteiger partial charge in [-0.15, -0.1) is 0 Å². The summed E-state index contributed by atoms with van der Waals surface area (Å²) in [5.41, 5.74) is 7.77. The van der Waals surface area contributed by atoms with Gasteiger partial charge < -0.3 is 25.3 Å². The van der Waals surface area contributed by atoms with Crippen molar-refractivity contribution in [1.82, 2.24) is 5.32 Å². The predicted octanol–water partition coefficient (Wildman–Crippen LogP) is 1.79. The Kier molecular flexibility index (Phi) is 6.74. The second kappa shape index (κ2) is 9.64. The summed E-state index contributed by atoms with van der Waals surface area (Å²) in [6.07, 6.45) is -0.617. The second-order valence-corrected chi connectivity index (χ2v) is 6.76. The third-order valence-corrected chi connectivity index (χ3v) is 4.54. The Morgan fingerprint density at radius 1 is 1.20 bits per heavy atom. The summed E-state index contributed by atoms with van der Waals surface area (Å²) in [6, 6.07) is 14.5. The number of nitrogens with zero attached hydrogens (tertiary/aromatic N) is 1. The van der Waals surface area contributed by atoms with Gasteiger partial charge in [0.25, 0.3) is 0 Å². The number of hydrogen-bond acceptors (Lipinski definition) is 6. The molecule has 1 aliphatic heterocycles. The lowest BCUT2D eigenvalue weighted by atomic mass is 10.1. The maximum Gasteiger partial charge on any atom is 0.414 e. The number of guanidine groups is 1. The highest BCUT2D eigenvalue weighted by Crippen LogP contribution is 2.23. The number of carbonyl (C=O) groups is 2. The molecule has 1 amide bonds. The van der Waals surface area contributed by atoms with Crippen molar-refractivity contribution in [3.8, 4) is 5.75 Å². The van der Waals surface area contributed by atoms with Crippen LogP contribution in [0.4, 0.5) is 10.5 Å². The smallest absolute Gasteiger partial charge is 0.414 e. The first-order chi connectivity index (χ1) is 14.4. The second-order valence-electron chi connectivity index (χ2n) is 6.76. The van der Waals surface area contributed by atoms with E-state index in [1.165, 1.54) is 7.11 Å². The zero-order valence-corrected chi connectivity index (χ0v) is 16.6. The molecule has 2 aromatic carbocycles. The minimum Gasteiger partial charge on any atom is -0.490 e. The molecule has 0 radical (unpaired) electrons. The van der Waals surface area contributed by atoms with Crippen LogP contribution >= 0.6 is 0 Å². The van der Waals surface area contributed by atoms with Crippen molar-refractivity contribution >= 4 is 23.7 Å². The first-order valence-electron chi connectivity index (χ1n) is 9.38. The Bertz CT molecular complexity index is 899. The Balaban J connectivity index is 1.51. The molecule has 158 valence electrons. The van der Waals surface area contributed by atoms with Gasteiger partial charge in [-0.2, -0.15) is 0 Å². The Morgan fingerprint density at radius 2 is 1.87 bits per heavy atom. The number of anilines is 1. The lowest BCUT2D eigenvalue weighted by Crippen LogP contribution is -2.29. The third-order valence-electron chi connectivity index (χ3n) is 4.54. The molecule has 1 heterocycles.